The zero-order valence-corrected chi connectivity index (χ0v) is 7.28. The molecule has 0 bridgehead atoms. The second kappa shape index (κ2) is 3.25. The van der Waals surface area contributed by atoms with E-state index in [1.165, 1.54) is 12.0 Å². The van der Waals surface area contributed by atoms with Crippen molar-refractivity contribution in [2.45, 2.75) is 26.7 Å². The first-order valence-corrected chi connectivity index (χ1v) is 4.16. The van der Waals surface area contributed by atoms with E-state index in [0.717, 1.165) is 17.4 Å². The zero-order valence-electron chi connectivity index (χ0n) is 6.52. The van der Waals surface area contributed by atoms with Gasteiger partial charge in [-0.3, -0.25) is 0 Å². The van der Waals surface area contributed by atoms with Crippen molar-refractivity contribution in [1.82, 2.24) is 0 Å². The molecule has 0 radical (unpaired) electrons. The van der Waals surface area contributed by atoms with Gasteiger partial charge in [0, 0.05) is 5.03 Å². The average molecular weight is 157 g/mol. The summed E-state index contributed by atoms with van der Waals surface area (Å²) in [6.45, 7) is 4.28. The Kier molecular flexibility index (Phi) is 2.56. The summed E-state index contributed by atoms with van der Waals surface area (Å²) >= 11 is 5.88. The van der Waals surface area contributed by atoms with E-state index in [4.69, 9.17) is 11.6 Å². The number of hydrogen-bond acceptors (Lipinski definition) is 0. The Morgan fingerprint density at radius 2 is 2.40 bits per heavy atom. The van der Waals surface area contributed by atoms with Gasteiger partial charge in [-0.15, -0.1) is 0 Å². The Bertz CT molecular complexity index is 177. The highest BCUT2D eigenvalue weighted by atomic mass is 35.5. The van der Waals surface area contributed by atoms with E-state index in [1.807, 2.05) is 0 Å². The fraction of sp³-hybridized carbons (Fsp3) is 0.556. The lowest BCUT2D eigenvalue weighted by atomic mass is 9.95. The maximum Gasteiger partial charge on any atom is 0.0392 e. The Labute approximate surface area is 67.6 Å². The first kappa shape index (κ1) is 7.87. The molecule has 0 N–H and O–H groups in total. The minimum Gasteiger partial charge on any atom is -0.0844 e. The van der Waals surface area contributed by atoms with Crippen LogP contribution in [0.4, 0.5) is 0 Å². The molecule has 1 heteroatoms. The lowest BCUT2D eigenvalue weighted by Crippen LogP contribution is -1.98. The van der Waals surface area contributed by atoms with Crippen LogP contribution in [0, 0.1) is 5.92 Å². The second-order valence-electron chi connectivity index (χ2n) is 2.81. The van der Waals surface area contributed by atoms with Crippen LogP contribution in [0.25, 0.3) is 0 Å². The van der Waals surface area contributed by atoms with Crippen molar-refractivity contribution in [3.63, 3.8) is 0 Å². The van der Waals surface area contributed by atoms with Gasteiger partial charge in [0.1, 0.15) is 0 Å². The van der Waals surface area contributed by atoms with Crippen molar-refractivity contribution in [3.8, 4) is 0 Å². The average Bonchev–Trinajstić information content (AvgIpc) is 1.95. The molecule has 0 heterocycles. The van der Waals surface area contributed by atoms with Gasteiger partial charge in [0.25, 0.3) is 0 Å². The molecule has 0 amide bonds. The lowest BCUT2D eigenvalue weighted by Gasteiger charge is -2.14. The summed E-state index contributed by atoms with van der Waals surface area (Å²) in [6, 6.07) is 0. The van der Waals surface area contributed by atoms with Gasteiger partial charge in [-0.1, -0.05) is 30.7 Å². The third-order valence-corrected chi connectivity index (χ3v) is 2.44. The van der Waals surface area contributed by atoms with E-state index in [1.54, 1.807) is 0 Å². The van der Waals surface area contributed by atoms with Crippen molar-refractivity contribution >= 4 is 11.6 Å². The molecule has 0 aromatic rings. The van der Waals surface area contributed by atoms with Crippen LogP contribution in [0.2, 0.25) is 0 Å². The molecule has 0 nitrogen and oxygen atoms in total. The van der Waals surface area contributed by atoms with Gasteiger partial charge >= 0.3 is 0 Å². The van der Waals surface area contributed by atoms with E-state index in [9.17, 15) is 0 Å². The quantitative estimate of drug-likeness (QED) is 0.545. The maximum atomic E-state index is 5.88. The molecule has 56 valence electrons. The van der Waals surface area contributed by atoms with E-state index in [0.29, 0.717) is 0 Å². The number of rotatable bonds is 1. The van der Waals surface area contributed by atoms with Crippen molar-refractivity contribution < 1.29 is 0 Å². The van der Waals surface area contributed by atoms with Crippen LogP contribution in [-0.2, 0) is 0 Å². The third kappa shape index (κ3) is 1.63. The minimum atomic E-state index is 0.725. The standard InChI is InChI=1S/C9H13Cl/c1-3-8-4-5-9(10)7(2)6-8/h5-6,8H,3-4H2,1-2H3. The van der Waals surface area contributed by atoms with Crippen LogP contribution in [0.15, 0.2) is 22.8 Å². The van der Waals surface area contributed by atoms with Crippen LogP contribution in [0.1, 0.15) is 26.7 Å². The highest BCUT2D eigenvalue weighted by molar-refractivity contribution is 6.32. The lowest BCUT2D eigenvalue weighted by molar-refractivity contribution is 0.627. The summed E-state index contributed by atoms with van der Waals surface area (Å²) in [5, 5.41) is 0.935. The van der Waals surface area contributed by atoms with Gasteiger partial charge < -0.3 is 0 Å². The van der Waals surface area contributed by atoms with Gasteiger partial charge in [0.05, 0.1) is 0 Å². The molecule has 0 aromatic carbocycles. The Morgan fingerprint density at radius 3 is 2.90 bits per heavy atom. The molecule has 0 aromatic heterocycles. The Hall–Kier alpha value is -0.230. The van der Waals surface area contributed by atoms with Gasteiger partial charge in [-0.05, 0) is 31.3 Å². The smallest absolute Gasteiger partial charge is 0.0392 e. The molecule has 0 aliphatic heterocycles. The van der Waals surface area contributed by atoms with E-state index < -0.39 is 0 Å². The zero-order chi connectivity index (χ0) is 7.56. The molecular formula is C9H13Cl. The molecule has 0 saturated heterocycles. The highest BCUT2D eigenvalue weighted by Gasteiger charge is 2.08. The van der Waals surface area contributed by atoms with Crippen molar-refractivity contribution in [2.75, 3.05) is 0 Å². The molecule has 1 rings (SSSR count). The largest absolute Gasteiger partial charge is 0.0844 e. The minimum absolute atomic E-state index is 0.725. The van der Waals surface area contributed by atoms with Gasteiger partial charge in [-0.25, -0.2) is 0 Å². The molecule has 0 saturated carbocycles. The summed E-state index contributed by atoms with van der Waals surface area (Å²) in [6.07, 6.45) is 6.72. The third-order valence-electron chi connectivity index (χ3n) is 1.99. The van der Waals surface area contributed by atoms with Crippen LogP contribution in [0.3, 0.4) is 0 Å². The fourth-order valence-corrected chi connectivity index (χ4v) is 1.35. The number of halogens is 1. The van der Waals surface area contributed by atoms with Crippen LogP contribution < -0.4 is 0 Å². The fourth-order valence-electron chi connectivity index (χ4n) is 1.20. The molecule has 0 spiro atoms. The molecule has 1 aliphatic rings. The molecular weight excluding hydrogens is 144 g/mol. The maximum absolute atomic E-state index is 5.88. The summed E-state index contributed by atoms with van der Waals surface area (Å²) < 4.78 is 0. The summed E-state index contributed by atoms with van der Waals surface area (Å²) in [4.78, 5) is 0. The highest BCUT2D eigenvalue weighted by Crippen LogP contribution is 2.26. The topological polar surface area (TPSA) is 0 Å². The normalized spacial score (nSPS) is 25.7. The predicted octanol–water partition coefficient (Wildman–Crippen LogP) is 3.49. The van der Waals surface area contributed by atoms with Crippen LogP contribution >= 0.6 is 11.6 Å². The van der Waals surface area contributed by atoms with Gasteiger partial charge in [0.15, 0.2) is 0 Å². The Morgan fingerprint density at radius 1 is 1.70 bits per heavy atom. The first-order valence-electron chi connectivity index (χ1n) is 3.78. The van der Waals surface area contributed by atoms with Crippen molar-refractivity contribution in [1.29, 1.82) is 0 Å². The van der Waals surface area contributed by atoms with Crippen LogP contribution in [-0.4, -0.2) is 0 Å². The summed E-state index contributed by atoms with van der Waals surface area (Å²) in [5.74, 6) is 0.725. The number of allylic oxidation sites excluding steroid dienone is 4. The SMILES string of the molecule is CCC1C=C(C)C(Cl)=CC1. The van der Waals surface area contributed by atoms with Crippen molar-refractivity contribution in [3.05, 3.63) is 22.8 Å². The summed E-state index contributed by atoms with van der Waals surface area (Å²) in [7, 11) is 0. The molecule has 1 atom stereocenters. The van der Waals surface area contributed by atoms with Gasteiger partial charge in [-0.2, -0.15) is 0 Å². The van der Waals surface area contributed by atoms with E-state index in [-0.39, 0.29) is 0 Å². The molecule has 1 unspecified atom stereocenters. The number of hydrogen-bond donors (Lipinski definition) is 0. The van der Waals surface area contributed by atoms with Crippen LogP contribution in [0.5, 0.6) is 0 Å². The van der Waals surface area contributed by atoms with Gasteiger partial charge in [0.2, 0.25) is 0 Å². The summed E-state index contributed by atoms with van der Waals surface area (Å²) in [5.41, 5.74) is 1.24. The Balaban J connectivity index is 2.66. The molecule has 0 fully saturated rings. The van der Waals surface area contributed by atoms with E-state index in [2.05, 4.69) is 26.0 Å². The molecule has 10 heavy (non-hydrogen) atoms. The monoisotopic (exact) mass is 156 g/mol. The first-order chi connectivity index (χ1) is 4.74. The predicted molar refractivity (Wildman–Crippen MR) is 46.1 cm³/mol. The van der Waals surface area contributed by atoms with E-state index >= 15 is 0 Å². The second-order valence-corrected chi connectivity index (χ2v) is 3.21. The molecule has 1 aliphatic carbocycles. The van der Waals surface area contributed by atoms with Crippen molar-refractivity contribution in [2.24, 2.45) is 5.92 Å².